The first-order valence-corrected chi connectivity index (χ1v) is 21.6. The van der Waals surface area contributed by atoms with Crippen LogP contribution < -0.4 is 21.3 Å². The Morgan fingerprint density at radius 1 is 0.323 bits per heavy atom. The fourth-order valence-electron chi connectivity index (χ4n) is 11.8. The number of anilines is 3. The molecule has 0 aliphatic carbocycles. The summed E-state index contributed by atoms with van der Waals surface area (Å²) in [6.45, 7) is -0.0127. The van der Waals surface area contributed by atoms with Crippen molar-refractivity contribution in [3.8, 4) is 11.4 Å². The molecule has 11 aromatic carbocycles. The lowest BCUT2D eigenvalue weighted by Crippen LogP contribution is -2.59. The van der Waals surface area contributed by atoms with Crippen molar-refractivity contribution < 1.29 is 0 Å². The van der Waals surface area contributed by atoms with Crippen molar-refractivity contribution >= 4 is 127 Å². The van der Waals surface area contributed by atoms with Crippen molar-refractivity contribution in [1.29, 1.82) is 0 Å². The van der Waals surface area contributed by atoms with Gasteiger partial charge >= 0.3 is 0 Å². The molecule has 0 fully saturated rings. The molecule has 13 aromatic rings. The molecule has 15 rings (SSSR count). The molecule has 3 nitrogen and oxygen atoms in total. The molecule has 2 aliphatic heterocycles. The van der Waals surface area contributed by atoms with Crippen LogP contribution in [-0.4, -0.2) is 15.8 Å². The van der Waals surface area contributed by atoms with Gasteiger partial charge in [-0.2, -0.15) is 0 Å². The number of para-hydroxylation sites is 2. The van der Waals surface area contributed by atoms with E-state index in [1.165, 1.54) is 114 Å². The first-order valence-electron chi connectivity index (χ1n) is 21.6. The average molecular weight is 784 g/mol. The molecule has 2 aliphatic rings. The van der Waals surface area contributed by atoms with Crippen LogP contribution >= 0.6 is 0 Å². The van der Waals surface area contributed by atoms with Crippen LogP contribution in [0.1, 0.15) is 0 Å². The minimum atomic E-state index is -0.0127. The van der Waals surface area contributed by atoms with Gasteiger partial charge in [-0.05, 0) is 108 Å². The standard InChI is InChI=1S/C58H34BN3/c1-3-19-39(20-4-1)60(40-21-5-2-6-22-40)41-33-50-56-51(34-41)62-49-30-28-36-16-8-12-24-43(36)53(49)55-45-26-14-10-18-38(45)32-47(58(55)62)59(56)46-31-37-17-9-13-25-44(37)54-52-42-23-11-7-15-35(42)27-29-48(52)61(50)57(46)54/h1-34H. The Hall–Kier alpha value is -8.08. The molecule has 0 unspecified atom stereocenters. The number of hydrogen-bond donors (Lipinski definition) is 0. The van der Waals surface area contributed by atoms with Crippen LogP contribution in [0.3, 0.4) is 0 Å². The largest absolute Gasteiger partial charge is 0.310 e. The van der Waals surface area contributed by atoms with Gasteiger partial charge in [-0.25, -0.2) is 0 Å². The van der Waals surface area contributed by atoms with Gasteiger partial charge in [-0.3, -0.25) is 0 Å². The zero-order chi connectivity index (χ0) is 40.2. The monoisotopic (exact) mass is 783 g/mol. The van der Waals surface area contributed by atoms with Crippen LogP contribution in [0, 0.1) is 0 Å². The van der Waals surface area contributed by atoms with Gasteiger partial charge in [0.1, 0.15) is 0 Å². The molecular formula is C58H34BN3. The number of hydrogen-bond acceptors (Lipinski definition) is 1. The molecule has 0 spiro atoms. The van der Waals surface area contributed by atoms with Gasteiger partial charge in [0.2, 0.25) is 0 Å². The second kappa shape index (κ2) is 11.8. The van der Waals surface area contributed by atoms with Gasteiger partial charge in [0.25, 0.3) is 6.71 Å². The smallest absolute Gasteiger partial charge is 0.252 e. The molecule has 0 saturated carbocycles. The molecule has 284 valence electrons. The van der Waals surface area contributed by atoms with Gasteiger partial charge in [-0.1, -0.05) is 158 Å². The topological polar surface area (TPSA) is 13.1 Å². The SMILES string of the molecule is c1ccc(N(c2ccccc2)c2cc3c4c(c2)-n2c5ccc6ccccc6c5c5c6ccccc6cc(c52)B4c2cc4ccccc4c4c5c6ccccc6ccc5n-3c24)cc1. The minimum Gasteiger partial charge on any atom is -0.310 e. The van der Waals surface area contributed by atoms with Gasteiger partial charge in [0, 0.05) is 44.3 Å². The Morgan fingerprint density at radius 3 is 1.16 bits per heavy atom. The van der Waals surface area contributed by atoms with Crippen molar-refractivity contribution in [2.24, 2.45) is 0 Å². The van der Waals surface area contributed by atoms with E-state index in [4.69, 9.17) is 0 Å². The van der Waals surface area contributed by atoms with E-state index < -0.39 is 0 Å². The van der Waals surface area contributed by atoms with Gasteiger partial charge < -0.3 is 14.0 Å². The van der Waals surface area contributed by atoms with Crippen LogP contribution in [-0.2, 0) is 0 Å². The first-order chi connectivity index (χ1) is 30.8. The molecule has 0 saturated heterocycles. The quantitative estimate of drug-likeness (QED) is 0.163. The summed E-state index contributed by atoms with van der Waals surface area (Å²) in [6, 6.07) is 77.1. The zero-order valence-electron chi connectivity index (χ0n) is 33.5. The van der Waals surface area contributed by atoms with Crippen molar-refractivity contribution in [2.75, 3.05) is 4.90 Å². The fourth-order valence-corrected chi connectivity index (χ4v) is 11.8. The van der Waals surface area contributed by atoms with Gasteiger partial charge in [-0.15, -0.1) is 0 Å². The fraction of sp³-hybridized carbons (Fsp3) is 0. The predicted molar refractivity (Wildman–Crippen MR) is 264 cm³/mol. The molecule has 0 atom stereocenters. The summed E-state index contributed by atoms with van der Waals surface area (Å²) in [4.78, 5) is 2.44. The van der Waals surface area contributed by atoms with E-state index in [0.29, 0.717) is 0 Å². The lowest BCUT2D eigenvalue weighted by Gasteiger charge is -2.36. The van der Waals surface area contributed by atoms with Crippen LogP contribution in [0.4, 0.5) is 17.1 Å². The maximum Gasteiger partial charge on any atom is 0.252 e. The number of fused-ring (bicyclic) bond motifs is 18. The third-order valence-corrected chi connectivity index (χ3v) is 14.1. The van der Waals surface area contributed by atoms with Gasteiger partial charge in [0.05, 0.1) is 27.8 Å². The second-order valence-corrected chi connectivity index (χ2v) is 17.2. The van der Waals surface area contributed by atoms with Crippen molar-refractivity contribution in [2.45, 2.75) is 0 Å². The molecular weight excluding hydrogens is 749 g/mol. The molecule has 0 N–H and O–H groups in total. The van der Waals surface area contributed by atoms with E-state index in [-0.39, 0.29) is 6.71 Å². The number of benzene rings is 11. The Bertz CT molecular complexity index is 3840. The van der Waals surface area contributed by atoms with Crippen molar-refractivity contribution in [3.05, 3.63) is 206 Å². The Labute approximate surface area is 357 Å². The Balaban J connectivity index is 1.21. The molecule has 0 radical (unpaired) electrons. The van der Waals surface area contributed by atoms with Crippen LogP contribution in [0.25, 0.3) is 98.1 Å². The van der Waals surface area contributed by atoms with Crippen molar-refractivity contribution in [3.63, 3.8) is 0 Å². The van der Waals surface area contributed by atoms with Crippen LogP contribution in [0.15, 0.2) is 206 Å². The molecule has 4 heteroatoms. The highest BCUT2D eigenvalue weighted by Crippen LogP contribution is 2.47. The minimum absolute atomic E-state index is 0.0127. The average Bonchev–Trinajstić information content (AvgIpc) is 3.88. The maximum atomic E-state index is 2.64. The lowest BCUT2D eigenvalue weighted by atomic mass is 9.34. The summed E-state index contributed by atoms with van der Waals surface area (Å²) >= 11 is 0. The molecule has 4 heterocycles. The third-order valence-electron chi connectivity index (χ3n) is 14.1. The van der Waals surface area contributed by atoms with Crippen molar-refractivity contribution in [1.82, 2.24) is 9.13 Å². The highest BCUT2D eigenvalue weighted by atomic mass is 15.2. The van der Waals surface area contributed by atoms with E-state index >= 15 is 0 Å². The first kappa shape index (κ1) is 32.7. The van der Waals surface area contributed by atoms with E-state index in [1.807, 2.05) is 0 Å². The normalized spacial score (nSPS) is 12.8. The predicted octanol–water partition coefficient (Wildman–Crippen LogP) is 13.1. The summed E-state index contributed by atoms with van der Waals surface area (Å²) < 4.78 is 5.27. The summed E-state index contributed by atoms with van der Waals surface area (Å²) in [5.74, 6) is 0. The lowest BCUT2D eigenvalue weighted by molar-refractivity contribution is 1.13. The maximum absolute atomic E-state index is 2.64. The molecule has 0 amide bonds. The molecule has 2 aromatic heterocycles. The second-order valence-electron chi connectivity index (χ2n) is 17.2. The molecule has 62 heavy (non-hydrogen) atoms. The summed E-state index contributed by atoms with van der Waals surface area (Å²) in [6.07, 6.45) is 0. The van der Waals surface area contributed by atoms with E-state index in [2.05, 4.69) is 220 Å². The zero-order valence-corrected chi connectivity index (χ0v) is 33.5. The van der Waals surface area contributed by atoms with Gasteiger partial charge in [0.15, 0.2) is 0 Å². The van der Waals surface area contributed by atoms with E-state index in [9.17, 15) is 0 Å². The van der Waals surface area contributed by atoms with E-state index in [1.54, 1.807) is 0 Å². The molecule has 0 bridgehead atoms. The summed E-state index contributed by atoms with van der Waals surface area (Å²) in [5, 5.41) is 15.5. The number of nitrogens with zero attached hydrogens (tertiary/aromatic N) is 3. The summed E-state index contributed by atoms with van der Waals surface area (Å²) in [7, 11) is 0. The summed E-state index contributed by atoms with van der Waals surface area (Å²) in [5.41, 5.74) is 15.0. The van der Waals surface area contributed by atoms with Crippen LogP contribution in [0.5, 0.6) is 0 Å². The van der Waals surface area contributed by atoms with Crippen LogP contribution in [0.2, 0.25) is 0 Å². The van der Waals surface area contributed by atoms with E-state index in [0.717, 1.165) is 17.1 Å². The number of rotatable bonds is 3. The highest BCUT2D eigenvalue weighted by molar-refractivity contribution is 7.00. The highest BCUT2D eigenvalue weighted by Gasteiger charge is 2.42. The number of aromatic nitrogens is 2. The Morgan fingerprint density at radius 2 is 0.710 bits per heavy atom. The Kier molecular flexibility index (Phi) is 6.24. The third kappa shape index (κ3) is 4.07.